The maximum Gasteiger partial charge on any atom is 0.365 e. The molecule has 1 aliphatic heterocycles. The summed E-state index contributed by atoms with van der Waals surface area (Å²) in [5.41, 5.74) is 9.73. The summed E-state index contributed by atoms with van der Waals surface area (Å²) >= 11 is 0. The van der Waals surface area contributed by atoms with Gasteiger partial charge in [-0.1, -0.05) is 12.1 Å². The third-order valence-electron chi connectivity index (χ3n) is 4.79. The number of fused-ring (bicyclic) bond motifs is 3. The second kappa shape index (κ2) is 5.95. The van der Waals surface area contributed by atoms with Crippen LogP contribution in [0.15, 0.2) is 71.9 Å². The first-order valence-electron chi connectivity index (χ1n) is 8.66. The van der Waals surface area contributed by atoms with Crippen molar-refractivity contribution < 1.29 is 9.49 Å². The minimum Gasteiger partial charge on any atom is -0.357 e. The number of aliphatic imine (C=N–C) groups is 1. The van der Waals surface area contributed by atoms with Gasteiger partial charge < -0.3 is 10.3 Å². The summed E-state index contributed by atoms with van der Waals surface area (Å²) in [6.45, 7) is 0. The van der Waals surface area contributed by atoms with Gasteiger partial charge in [0.25, 0.3) is 11.6 Å². The highest BCUT2D eigenvalue weighted by atomic mass is 16.6. The minimum absolute atomic E-state index is 0.0508. The monoisotopic (exact) mass is 374 g/mol. The number of nitro groups is 1. The molecule has 1 atom stereocenters. The number of nitro benzene ring substituents is 1. The van der Waals surface area contributed by atoms with Crippen molar-refractivity contribution in [2.24, 2.45) is 10.7 Å². The molecule has 2 aromatic carbocycles. The summed E-state index contributed by atoms with van der Waals surface area (Å²) in [4.78, 5) is 18.5. The molecule has 28 heavy (non-hydrogen) atoms. The smallest absolute Gasteiger partial charge is 0.357 e. The van der Waals surface area contributed by atoms with E-state index < -0.39 is 11.1 Å². The number of guanidine groups is 1. The molecule has 0 fully saturated rings. The lowest BCUT2D eigenvalue weighted by Crippen LogP contribution is -2.48. The van der Waals surface area contributed by atoms with Gasteiger partial charge in [-0.25, -0.2) is 10.3 Å². The fourth-order valence-corrected chi connectivity index (χ4v) is 3.56. The second-order valence-corrected chi connectivity index (χ2v) is 6.45. The summed E-state index contributed by atoms with van der Waals surface area (Å²) in [5.74, 6) is 1.06. The van der Waals surface area contributed by atoms with E-state index in [0.29, 0.717) is 5.96 Å². The molecule has 1 aliphatic rings. The van der Waals surface area contributed by atoms with Crippen LogP contribution < -0.4 is 15.6 Å². The van der Waals surface area contributed by atoms with Crippen molar-refractivity contribution in [1.29, 1.82) is 0 Å². The van der Waals surface area contributed by atoms with Crippen LogP contribution in [0.5, 0.6) is 0 Å². The highest BCUT2D eigenvalue weighted by Crippen LogP contribution is 2.27. The molecule has 5 rings (SSSR count). The second-order valence-electron chi connectivity index (χ2n) is 6.45. The summed E-state index contributed by atoms with van der Waals surface area (Å²) in [6, 6.07) is 18.2. The van der Waals surface area contributed by atoms with Crippen LogP contribution in [-0.2, 0) is 0 Å². The quantitative estimate of drug-likeness (QED) is 0.290. The van der Waals surface area contributed by atoms with E-state index in [-0.39, 0.29) is 5.69 Å². The average Bonchev–Trinajstić information content (AvgIpc) is 3.32. The molecule has 0 unspecified atom stereocenters. The Balaban J connectivity index is 1.66. The largest absolute Gasteiger partial charge is 0.365 e. The van der Waals surface area contributed by atoms with Gasteiger partial charge in [0.1, 0.15) is 11.0 Å². The van der Waals surface area contributed by atoms with Gasteiger partial charge in [-0.3, -0.25) is 10.1 Å². The zero-order valence-corrected chi connectivity index (χ0v) is 14.6. The van der Waals surface area contributed by atoms with Crippen molar-refractivity contribution in [3.8, 4) is 5.69 Å². The fourth-order valence-electron chi connectivity index (χ4n) is 3.56. The van der Waals surface area contributed by atoms with Crippen LogP contribution in [0.2, 0.25) is 0 Å². The highest BCUT2D eigenvalue weighted by Gasteiger charge is 2.32. The number of nitrogens with one attached hydrogen (secondary N) is 2. The SMILES string of the molecule is NC1=N[C@@H](c2cccn2-c2ccc([N+](=O)[O-])cc2)[n+]2c([nH]c3ccccc32)N1. The van der Waals surface area contributed by atoms with Crippen molar-refractivity contribution in [2.45, 2.75) is 6.17 Å². The Bertz CT molecular complexity index is 1240. The molecule has 0 aliphatic carbocycles. The number of H-pyrrole nitrogens is 1. The van der Waals surface area contributed by atoms with E-state index in [4.69, 9.17) is 5.73 Å². The summed E-state index contributed by atoms with van der Waals surface area (Å²) in [6.07, 6.45) is 1.51. The Hall–Kier alpha value is -4.14. The van der Waals surface area contributed by atoms with E-state index in [0.717, 1.165) is 28.4 Å². The van der Waals surface area contributed by atoms with E-state index in [1.807, 2.05) is 51.7 Å². The fraction of sp³-hybridized carbons (Fsp3) is 0.0526. The normalized spacial score (nSPS) is 15.7. The van der Waals surface area contributed by atoms with E-state index >= 15 is 0 Å². The third kappa shape index (κ3) is 2.41. The number of benzene rings is 2. The molecule has 9 heteroatoms. The molecule has 2 aromatic heterocycles. The topological polar surface area (TPSA) is 118 Å². The maximum atomic E-state index is 10.9. The third-order valence-corrected chi connectivity index (χ3v) is 4.79. The molecule has 0 spiro atoms. The summed E-state index contributed by atoms with van der Waals surface area (Å²) < 4.78 is 4.00. The molecule has 9 nitrogen and oxygen atoms in total. The summed E-state index contributed by atoms with van der Waals surface area (Å²) in [5, 5.41) is 14.0. The standard InChI is InChI=1S/C19H15N7O2/c20-18-22-17(25-15-5-2-1-4-14(15)21-19(25)23-18)16-6-3-11-24(16)12-7-9-13(10-8-12)26(27)28/h1-11,17H,(H3,20,21,22,23)/p+1/t17-/m1/s1. The molecule has 0 saturated carbocycles. The number of non-ortho nitro benzene ring substituents is 1. The minimum atomic E-state index is -0.410. The van der Waals surface area contributed by atoms with Crippen molar-refractivity contribution in [2.75, 3.05) is 5.32 Å². The van der Waals surface area contributed by atoms with Gasteiger partial charge in [-0.2, -0.15) is 9.56 Å². The molecule has 138 valence electrons. The Morgan fingerprint density at radius 3 is 2.68 bits per heavy atom. The molecular formula is C19H16N7O2+. The van der Waals surface area contributed by atoms with Gasteiger partial charge in [-0.15, -0.1) is 0 Å². The van der Waals surface area contributed by atoms with Crippen molar-refractivity contribution in [1.82, 2.24) is 9.55 Å². The molecule has 0 radical (unpaired) electrons. The lowest BCUT2D eigenvalue weighted by atomic mass is 10.2. The van der Waals surface area contributed by atoms with Gasteiger partial charge in [0.15, 0.2) is 0 Å². The predicted octanol–water partition coefficient (Wildman–Crippen LogP) is 2.44. The highest BCUT2D eigenvalue weighted by molar-refractivity contribution is 5.92. The van der Waals surface area contributed by atoms with Gasteiger partial charge >= 0.3 is 5.95 Å². The number of imidazole rings is 1. The molecule has 0 saturated heterocycles. The summed E-state index contributed by atoms with van der Waals surface area (Å²) in [7, 11) is 0. The van der Waals surface area contributed by atoms with Gasteiger partial charge in [-0.05, 0) is 36.4 Å². The number of hydrogen-bond acceptors (Lipinski definition) is 5. The van der Waals surface area contributed by atoms with Crippen LogP contribution in [0.4, 0.5) is 11.6 Å². The zero-order valence-electron chi connectivity index (χ0n) is 14.6. The van der Waals surface area contributed by atoms with Crippen LogP contribution in [0, 0.1) is 10.1 Å². The number of anilines is 1. The number of rotatable bonds is 3. The van der Waals surface area contributed by atoms with Crippen molar-refractivity contribution in [3.63, 3.8) is 0 Å². The number of aromatic amines is 1. The van der Waals surface area contributed by atoms with E-state index in [1.54, 1.807) is 12.1 Å². The molecule has 0 amide bonds. The number of para-hydroxylation sites is 2. The van der Waals surface area contributed by atoms with Gasteiger partial charge in [0.05, 0.1) is 10.6 Å². The number of nitrogens with two attached hydrogens (primary N) is 1. The molecule has 4 N–H and O–H groups in total. The van der Waals surface area contributed by atoms with Crippen LogP contribution >= 0.6 is 0 Å². The Morgan fingerprint density at radius 1 is 1.11 bits per heavy atom. The predicted molar refractivity (Wildman–Crippen MR) is 104 cm³/mol. The Morgan fingerprint density at radius 2 is 1.89 bits per heavy atom. The number of aromatic nitrogens is 3. The lowest BCUT2D eigenvalue weighted by molar-refractivity contribution is -0.675. The van der Waals surface area contributed by atoms with Gasteiger partial charge in [0, 0.05) is 24.0 Å². The van der Waals surface area contributed by atoms with Gasteiger partial charge in [0.2, 0.25) is 6.17 Å². The first-order valence-corrected chi connectivity index (χ1v) is 8.66. The zero-order chi connectivity index (χ0) is 19.3. The number of hydrogen-bond donors (Lipinski definition) is 3. The van der Waals surface area contributed by atoms with E-state index in [9.17, 15) is 10.1 Å². The average molecular weight is 374 g/mol. The first kappa shape index (κ1) is 16.1. The van der Waals surface area contributed by atoms with E-state index in [1.165, 1.54) is 12.1 Å². The first-order chi connectivity index (χ1) is 13.6. The molecule has 0 bridgehead atoms. The maximum absolute atomic E-state index is 10.9. The Labute approximate surface area is 158 Å². The van der Waals surface area contributed by atoms with Crippen molar-refractivity contribution in [3.05, 3.63) is 82.7 Å². The number of nitrogens with zero attached hydrogens (tertiary/aromatic N) is 4. The van der Waals surface area contributed by atoms with Crippen LogP contribution in [0.3, 0.4) is 0 Å². The molecule has 3 heterocycles. The molecule has 4 aromatic rings. The van der Waals surface area contributed by atoms with E-state index in [2.05, 4.69) is 15.3 Å². The van der Waals surface area contributed by atoms with Crippen LogP contribution in [0.1, 0.15) is 11.9 Å². The van der Waals surface area contributed by atoms with Crippen molar-refractivity contribution >= 4 is 28.6 Å². The lowest BCUT2D eigenvalue weighted by Gasteiger charge is -2.20. The molecular weight excluding hydrogens is 358 g/mol. The van der Waals surface area contributed by atoms with Crippen LogP contribution in [-0.4, -0.2) is 20.4 Å². The Kier molecular flexibility index (Phi) is 3.41. The van der Waals surface area contributed by atoms with Crippen LogP contribution in [0.25, 0.3) is 16.7 Å².